The van der Waals surface area contributed by atoms with Gasteiger partial charge < -0.3 is 4.55 Å². The van der Waals surface area contributed by atoms with Crippen LogP contribution in [-0.4, -0.2) is 13.0 Å². The molecule has 0 bridgehead atoms. The molecule has 26 heavy (non-hydrogen) atoms. The van der Waals surface area contributed by atoms with Crippen molar-refractivity contribution in [2.75, 3.05) is 0 Å². The van der Waals surface area contributed by atoms with Crippen molar-refractivity contribution in [3.05, 3.63) is 96.9 Å². The van der Waals surface area contributed by atoms with Gasteiger partial charge in [-0.25, -0.2) is 12.8 Å². The van der Waals surface area contributed by atoms with Crippen molar-refractivity contribution in [1.82, 2.24) is 0 Å². The van der Waals surface area contributed by atoms with Gasteiger partial charge in [-0.2, -0.15) is 0 Å². The van der Waals surface area contributed by atoms with E-state index in [9.17, 15) is 17.4 Å². The molecule has 0 unspecified atom stereocenters. The van der Waals surface area contributed by atoms with Crippen molar-refractivity contribution >= 4 is 10.1 Å². The summed E-state index contributed by atoms with van der Waals surface area (Å²) in [5.41, 5.74) is 2.12. The average molecular weight is 484 g/mol. The topological polar surface area (TPSA) is 57.2 Å². The Hall–Kier alpha value is -1.77. The Morgan fingerprint density at radius 2 is 1.50 bits per heavy atom. The van der Waals surface area contributed by atoms with E-state index < -0.39 is 10.1 Å². The second kappa shape index (κ2) is 9.25. The smallest absolute Gasteiger partial charge is 0.358 e. The van der Waals surface area contributed by atoms with Crippen LogP contribution in [0.3, 0.4) is 0 Å². The molecule has 0 saturated heterocycles. The molecule has 0 radical (unpaired) electrons. The summed E-state index contributed by atoms with van der Waals surface area (Å²) < 4.78 is 46.7. The first-order valence-electron chi connectivity index (χ1n) is 7.74. The maximum absolute atomic E-state index is 13.1. The minimum atomic E-state index is -4.27. The van der Waals surface area contributed by atoms with Crippen LogP contribution in [0.1, 0.15) is 11.1 Å². The SMILES string of the molecule is Cc1ccc(F)cc1[I+]c1ccccc1.Cc1ccc(S(=O)(=O)[O-])cc1. The Balaban J connectivity index is 0.000000197. The second-order valence-electron chi connectivity index (χ2n) is 5.55. The highest BCUT2D eigenvalue weighted by Crippen LogP contribution is 2.08. The van der Waals surface area contributed by atoms with E-state index >= 15 is 0 Å². The van der Waals surface area contributed by atoms with Crippen molar-refractivity contribution in [3.63, 3.8) is 0 Å². The van der Waals surface area contributed by atoms with Crippen molar-refractivity contribution in [3.8, 4) is 0 Å². The van der Waals surface area contributed by atoms with Gasteiger partial charge in [-0.1, -0.05) is 42.0 Å². The van der Waals surface area contributed by atoms with Gasteiger partial charge in [0.25, 0.3) is 0 Å². The minimum absolute atomic E-state index is 0.133. The zero-order chi connectivity index (χ0) is 19.2. The first kappa shape index (κ1) is 20.5. The Morgan fingerprint density at radius 1 is 0.885 bits per heavy atom. The number of halogens is 2. The maximum Gasteiger partial charge on any atom is 0.358 e. The number of hydrogen-bond donors (Lipinski definition) is 0. The molecule has 3 nitrogen and oxygen atoms in total. The van der Waals surface area contributed by atoms with Crippen LogP contribution in [0, 0.1) is 26.8 Å². The Labute approximate surface area is 163 Å². The van der Waals surface area contributed by atoms with Crippen LogP contribution in [-0.2, 0) is 10.1 Å². The van der Waals surface area contributed by atoms with Crippen molar-refractivity contribution in [2.45, 2.75) is 18.7 Å². The minimum Gasteiger partial charge on any atom is -0.744 e. The third-order valence-electron chi connectivity index (χ3n) is 3.39. The standard InChI is InChI=1S/C13H11FI.C7H8O3S/c1-10-7-8-11(14)9-13(10)15-12-5-3-2-4-6-12;1-6-2-4-7(5-3-6)11(8,9)10/h2-9H,1H3;2-5H,1H3,(H,8,9,10)/q+1;/p-1. The van der Waals surface area contributed by atoms with Crippen molar-refractivity contribution in [1.29, 1.82) is 0 Å². The van der Waals surface area contributed by atoms with E-state index in [1.54, 1.807) is 18.2 Å². The molecule has 0 aliphatic carbocycles. The first-order valence-corrected chi connectivity index (χ1v) is 11.3. The number of benzene rings is 3. The fourth-order valence-electron chi connectivity index (χ4n) is 1.97. The monoisotopic (exact) mass is 484 g/mol. The molecule has 6 heteroatoms. The van der Waals surface area contributed by atoms with E-state index in [1.807, 2.05) is 38.1 Å². The number of rotatable bonds is 3. The molecular weight excluding hydrogens is 466 g/mol. The Kier molecular flexibility index (Phi) is 7.31. The Bertz CT molecular complexity index is 956. The lowest BCUT2D eigenvalue weighted by Gasteiger charge is -2.05. The molecule has 0 aromatic heterocycles. The van der Waals surface area contributed by atoms with E-state index in [0.29, 0.717) is 0 Å². The van der Waals surface area contributed by atoms with Gasteiger partial charge in [-0.3, -0.25) is 0 Å². The van der Waals surface area contributed by atoms with Crippen LogP contribution < -0.4 is 21.2 Å². The van der Waals surface area contributed by atoms with Crippen LogP contribution in [0.5, 0.6) is 0 Å². The van der Waals surface area contributed by atoms with Crippen LogP contribution >= 0.6 is 0 Å². The summed E-state index contributed by atoms with van der Waals surface area (Å²) in [5.74, 6) is -0.133. The number of hydrogen-bond acceptors (Lipinski definition) is 3. The van der Waals surface area contributed by atoms with Gasteiger partial charge in [0.1, 0.15) is 15.9 Å². The fraction of sp³-hybridized carbons (Fsp3) is 0.100. The lowest BCUT2D eigenvalue weighted by atomic mass is 10.2. The molecule has 3 rings (SSSR count). The van der Waals surface area contributed by atoms with Crippen LogP contribution in [0.2, 0.25) is 0 Å². The number of aryl methyl sites for hydroxylation is 2. The second-order valence-corrected chi connectivity index (χ2v) is 9.88. The highest BCUT2D eigenvalue weighted by molar-refractivity contribution is 7.85. The lowest BCUT2D eigenvalue weighted by Crippen LogP contribution is -3.61. The van der Waals surface area contributed by atoms with E-state index in [4.69, 9.17) is 0 Å². The summed E-state index contributed by atoms with van der Waals surface area (Å²) in [6, 6.07) is 21.1. The molecule has 136 valence electrons. The molecule has 0 saturated carbocycles. The van der Waals surface area contributed by atoms with Crippen LogP contribution in [0.25, 0.3) is 0 Å². The highest BCUT2D eigenvalue weighted by atomic mass is 127. The predicted octanol–water partition coefficient (Wildman–Crippen LogP) is 1.16. The molecule has 0 fully saturated rings. The third-order valence-corrected chi connectivity index (χ3v) is 7.32. The molecule has 0 N–H and O–H groups in total. The van der Waals surface area contributed by atoms with Gasteiger partial charge in [0.15, 0.2) is 7.14 Å². The van der Waals surface area contributed by atoms with Gasteiger partial charge in [0.05, 0.1) is 4.90 Å². The fourth-order valence-corrected chi connectivity index (χ4v) is 4.94. The summed E-state index contributed by atoms with van der Waals surface area (Å²) in [6.07, 6.45) is 0. The van der Waals surface area contributed by atoms with Crippen LogP contribution in [0.15, 0.2) is 77.7 Å². The normalized spacial score (nSPS) is 10.8. The molecule has 0 atom stereocenters. The molecule has 0 aliphatic rings. The predicted molar refractivity (Wildman–Crippen MR) is 94.1 cm³/mol. The molecule has 0 spiro atoms. The average Bonchev–Trinajstić information content (AvgIpc) is 2.59. The van der Waals surface area contributed by atoms with E-state index in [2.05, 4.69) is 12.1 Å². The lowest BCUT2D eigenvalue weighted by molar-refractivity contribution is -0.598. The van der Waals surface area contributed by atoms with Gasteiger partial charge in [-0.05, 0) is 44.2 Å². The zero-order valence-corrected chi connectivity index (χ0v) is 17.3. The van der Waals surface area contributed by atoms with E-state index in [-0.39, 0.29) is 31.9 Å². The molecule has 0 amide bonds. The molecule has 3 aromatic rings. The summed E-state index contributed by atoms with van der Waals surface area (Å²) in [4.78, 5) is -0.178. The largest absolute Gasteiger partial charge is 0.744 e. The zero-order valence-electron chi connectivity index (χ0n) is 14.3. The molecular formula is C20H18FIO3S. The van der Waals surface area contributed by atoms with E-state index in [1.165, 1.54) is 30.9 Å². The summed E-state index contributed by atoms with van der Waals surface area (Å²) in [7, 11) is -4.27. The van der Waals surface area contributed by atoms with Crippen molar-refractivity contribution in [2.24, 2.45) is 0 Å². The quantitative estimate of drug-likeness (QED) is 0.415. The van der Waals surface area contributed by atoms with Gasteiger partial charge >= 0.3 is 21.2 Å². The van der Waals surface area contributed by atoms with Gasteiger partial charge in [0, 0.05) is 11.6 Å². The first-order chi connectivity index (χ1) is 12.3. The maximum atomic E-state index is 13.1. The summed E-state index contributed by atoms with van der Waals surface area (Å²) >= 11 is -0.250. The third kappa shape index (κ3) is 6.51. The molecule has 3 aromatic carbocycles. The Morgan fingerprint density at radius 3 is 2.08 bits per heavy atom. The van der Waals surface area contributed by atoms with E-state index in [0.717, 1.165) is 5.56 Å². The van der Waals surface area contributed by atoms with Crippen LogP contribution in [0.4, 0.5) is 4.39 Å². The molecule has 0 heterocycles. The van der Waals surface area contributed by atoms with Gasteiger partial charge in [-0.15, -0.1) is 0 Å². The van der Waals surface area contributed by atoms with Gasteiger partial charge in [0.2, 0.25) is 0 Å². The molecule has 0 aliphatic heterocycles. The van der Waals surface area contributed by atoms with Crippen molar-refractivity contribution < 1.29 is 38.6 Å². The highest BCUT2D eigenvalue weighted by Gasteiger charge is 2.18. The summed E-state index contributed by atoms with van der Waals surface area (Å²) in [5, 5.41) is 0. The summed E-state index contributed by atoms with van der Waals surface area (Å²) in [6.45, 7) is 3.86.